The van der Waals surface area contributed by atoms with E-state index in [2.05, 4.69) is 10.3 Å². The van der Waals surface area contributed by atoms with Crippen molar-refractivity contribution >= 4 is 23.2 Å². The monoisotopic (exact) mass is 276 g/mol. The molecule has 2 N–H and O–H groups in total. The van der Waals surface area contributed by atoms with Gasteiger partial charge in [-0.15, -0.1) is 11.3 Å². The summed E-state index contributed by atoms with van der Waals surface area (Å²) in [5.74, 6) is -1.06. The Hall–Kier alpha value is -2.21. The van der Waals surface area contributed by atoms with E-state index in [1.54, 1.807) is 17.6 Å². The first-order chi connectivity index (χ1) is 9.15. The van der Waals surface area contributed by atoms with Crippen LogP contribution in [0.25, 0.3) is 0 Å². The van der Waals surface area contributed by atoms with E-state index in [9.17, 15) is 9.59 Å². The average molecular weight is 276 g/mol. The quantitative estimate of drug-likeness (QED) is 0.871. The summed E-state index contributed by atoms with van der Waals surface area (Å²) < 4.78 is 0. The normalized spacial score (nSPS) is 10.1. The number of nitrogens with one attached hydrogen (secondary N) is 1. The van der Waals surface area contributed by atoms with Gasteiger partial charge in [0.1, 0.15) is 0 Å². The van der Waals surface area contributed by atoms with Crippen molar-refractivity contribution in [3.63, 3.8) is 0 Å². The van der Waals surface area contributed by atoms with Gasteiger partial charge in [-0.1, -0.05) is 12.1 Å². The van der Waals surface area contributed by atoms with E-state index in [1.807, 2.05) is 5.38 Å². The maximum atomic E-state index is 11.6. The number of aromatic nitrogens is 1. The van der Waals surface area contributed by atoms with Crippen molar-refractivity contribution in [1.82, 2.24) is 10.3 Å². The summed E-state index contributed by atoms with van der Waals surface area (Å²) in [7, 11) is 0. The van der Waals surface area contributed by atoms with Crippen LogP contribution in [-0.4, -0.2) is 22.0 Å². The first kappa shape index (κ1) is 13.2. The van der Waals surface area contributed by atoms with Crippen molar-refractivity contribution in [1.29, 1.82) is 0 Å². The number of nitrogens with zero attached hydrogens (tertiary/aromatic N) is 1. The van der Waals surface area contributed by atoms with Crippen LogP contribution in [0.15, 0.2) is 35.2 Å². The number of carbonyl (C=O) groups is 2. The number of carbonyl (C=O) groups excluding carboxylic acids is 1. The zero-order valence-corrected chi connectivity index (χ0v) is 10.8. The van der Waals surface area contributed by atoms with Gasteiger partial charge >= 0.3 is 5.97 Å². The summed E-state index contributed by atoms with van der Waals surface area (Å²) in [6, 6.07) is 6.41. The Morgan fingerprint density at radius 3 is 2.58 bits per heavy atom. The summed E-state index contributed by atoms with van der Waals surface area (Å²) in [6.07, 6.45) is 0.261. The lowest BCUT2D eigenvalue weighted by Gasteiger charge is -2.04. The molecule has 0 aliphatic heterocycles. The predicted octanol–water partition coefficient (Wildman–Crippen LogP) is 1.70. The molecule has 0 spiro atoms. The molecule has 0 radical (unpaired) electrons. The molecule has 1 aromatic heterocycles. The highest BCUT2D eigenvalue weighted by Gasteiger charge is 2.05. The lowest BCUT2D eigenvalue weighted by Crippen LogP contribution is -2.24. The van der Waals surface area contributed by atoms with Crippen LogP contribution >= 0.6 is 11.3 Å². The molecule has 0 saturated heterocycles. The highest BCUT2D eigenvalue weighted by molar-refractivity contribution is 7.07. The lowest BCUT2D eigenvalue weighted by molar-refractivity contribution is -0.120. The van der Waals surface area contributed by atoms with Crippen molar-refractivity contribution in [2.45, 2.75) is 13.0 Å². The number of carboxylic acid groups (broad SMARTS) is 1. The molecule has 0 aliphatic carbocycles. The van der Waals surface area contributed by atoms with Gasteiger partial charge in [0.05, 0.1) is 23.2 Å². The number of hydrogen-bond acceptors (Lipinski definition) is 4. The Morgan fingerprint density at radius 2 is 2.00 bits per heavy atom. The van der Waals surface area contributed by atoms with Gasteiger partial charge in [-0.2, -0.15) is 0 Å². The van der Waals surface area contributed by atoms with Gasteiger partial charge in [0, 0.05) is 11.9 Å². The fourth-order valence-corrected chi connectivity index (χ4v) is 2.08. The number of rotatable bonds is 5. The number of amides is 1. The molecule has 2 rings (SSSR count). The van der Waals surface area contributed by atoms with E-state index in [4.69, 9.17) is 5.11 Å². The van der Waals surface area contributed by atoms with Crippen LogP contribution in [0.3, 0.4) is 0 Å². The smallest absolute Gasteiger partial charge is 0.335 e. The molecule has 2 aromatic rings. The molecule has 0 atom stereocenters. The molecule has 5 nitrogen and oxygen atoms in total. The van der Waals surface area contributed by atoms with E-state index < -0.39 is 5.97 Å². The summed E-state index contributed by atoms with van der Waals surface area (Å²) >= 11 is 1.45. The van der Waals surface area contributed by atoms with Crippen LogP contribution in [-0.2, 0) is 17.8 Å². The van der Waals surface area contributed by atoms with Crippen LogP contribution in [0.5, 0.6) is 0 Å². The number of benzene rings is 1. The molecule has 0 bridgehead atoms. The first-order valence-corrected chi connectivity index (χ1v) is 6.55. The van der Waals surface area contributed by atoms with E-state index in [-0.39, 0.29) is 17.9 Å². The number of thiazole rings is 1. The van der Waals surface area contributed by atoms with E-state index in [1.165, 1.54) is 23.5 Å². The van der Waals surface area contributed by atoms with E-state index in [0.717, 1.165) is 11.3 Å². The third-order valence-electron chi connectivity index (χ3n) is 2.52. The van der Waals surface area contributed by atoms with Gasteiger partial charge in [-0.05, 0) is 17.7 Å². The Balaban J connectivity index is 1.84. The summed E-state index contributed by atoms with van der Waals surface area (Å²) in [4.78, 5) is 26.3. The number of aromatic carboxylic acids is 1. The molecule has 0 saturated carbocycles. The zero-order chi connectivity index (χ0) is 13.7. The largest absolute Gasteiger partial charge is 0.478 e. The van der Waals surface area contributed by atoms with E-state index >= 15 is 0 Å². The zero-order valence-electron chi connectivity index (χ0n) is 10.00. The molecule has 1 aromatic carbocycles. The maximum Gasteiger partial charge on any atom is 0.335 e. The maximum absolute atomic E-state index is 11.6. The van der Waals surface area contributed by atoms with Crippen LogP contribution in [0.4, 0.5) is 0 Å². The predicted molar refractivity (Wildman–Crippen MR) is 71.1 cm³/mol. The van der Waals surface area contributed by atoms with Gasteiger partial charge in [-0.25, -0.2) is 9.78 Å². The molecular weight excluding hydrogens is 264 g/mol. The fourth-order valence-electron chi connectivity index (χ4n) is 1.52. The minimum Gasteiger partial charge on any atom is -0.478 e. The molecule has 0 aliphatic rings. The highest BCUT2D eigenvalue weighted by atomic mass is 32.1. The first-order valence-electron chi connectivity index (χ1n) is 5.61. The Morgan fingerprint density at radius 1 is 1.26 bits per heavy atom. The molecule has 19 heavy (non-hydrogen) atoms. The second-order valence-electron chi connectivity index (χ2n) is 3.94. The molecule has 6 heteroatoms. The van der Waals surface area contributed by atoms with Gasteiger partial charge in [-0.3, -0.25) is 4.79 Å². The molecule has 98 valence electrons. The molecular formula is C13H12N2O3S. The minimum absolute atomic E-state index is 0.104. The van der Waals surface area contributed by atoms with Crippen LogP contribution in [0, 0.1) is 0 Å². The highest BCUT2D eigenvalue weighted by Crippen LogP contribution is 2.05. The minimum atomic E-state index is -0.959. The number of hydrogen-bond donors (Lipinski definition) is 2. The van der Waals surface area contributed by atoms with Crippen LogP contribution in [0.2, 0.25) is 0 Å². The van der Waals surface area contributed by atoms with Gasteiger partial charge in [0.25, 0.3) is 0 Å². The standard InChI is InChI=1S/C13H12N2O3S/c16-12(5-11-7-19-8-15-11)14-6-9-1-3-10(4-2-9)13(17)18/h1-4,7-8H,5-6H2,(H,14,16)(H,17,18). The van der Waals surface area contributed by atoms with Crippen LogP contribution in [0.1, 0.15) is 21.6 Å². The summed E-state index contributed by atoms with van der Waals surface area (Å²) in [5, 5.41) is 13.4. The Kier molecular flexibility index (Phi) is 4.25. The molecule has 1 heterocycles. The third kappa shape index (κ3) is 3.89. The summed E-state index contributed by atoms with van der Waals surface area (Å²) in [5.41, 5.74) is 3.53. The van der Waals surface area contributed by atoms with Gasteiger partial charge in [0.15, 0.2) is 0 Å². The topological polar surface area (TPSA) is 79.3 Å². The van der Waals surface area contributed by atoms with Crippen molar-refractivity contribution in [3.8, 4) is 0 Å². The summed E-state index contributed by atoms with van der Waals surface area (Å²) in [6.45, 7) is 0.378. The van der Waals surface area contributed by atoms with Crippen LogP contribution < -0.4 is 5.32 Å². The number of carboxylic acids is 1. The van der Waals surface area contributed by atoms with Gasteiger partial charge < -0.3 is 10.4 Å². The Bertz CT molecular complexity index is 564. The average Bonchev–Trinajstić information content (AvgIpc) is 2.89. The molecule has 0 unspecified atom stereocenters. The molecule has 1 amide bonds. The van der Waals surface area contributed by atoms with Crippen molar-refractivity contribution in [2.75, 3.05) is 0 Å². The van der Waals surface area contributed by atoms with Crippen molar-refractivity contribution in [3.05, 3.63) is 52.0 Å². The van der Waals surface area contributed by atoms with Crippen molar-refractivity contribution in [2.24, 2.45) is 0 Å². The van der Waals surface area contributed by atoms with E-state index in [0.29, 0.717) is 6.54 Å². The SMILES string of the molecule is O=C(Cc1cscn1)NCc1ccc(C(=O)O)cc1. The molecule has 0 fully saturated rings. The lowest BCUT2D eigenvalue weighted by atomic mass is 10.1. The second kappa shape index (κ2) is 6.10. The van der Waals surface area contributed by atoms with Gasteiger partial charge in [0.2, 0.25) is 5.91 Å². The second-order valence-corrected chi connectivity index (χ2v) is 4.65. The van der Waals surface area contributed by atoms with Crippen molar-refractivity contribution < 1.29 is 14.7 Å². The fraction of sp³-hybridized carbons (Fsp3) is 0.154. The third-order valence-corrected chi connectivity index (χ3v) is 3.15. The Labute approximate surface area is 113 Å².